The quantitative estimate of drug-likeness (QED) is 0.627. The monoisotopic (exact) mass is 427 g/mol. The number of aryl methyl sites for hydroxylation is 1. The van der Waals surface area contributed by atoms with Crippen molar-refractivity contribution in [3.05, 3.63) is 52.3 Å². The number of likely N-dealkylation sites (tertiary alicyclic amines) is 1. The van der Waals surface area contributed by atoms with E-state index in [9.17, 15) is 9.59 Å². The number of nitrogens with one attached hydrogen (secondary N) is 2. The van der Waals surface area contributed by atoms with Gasteiger partial charge in [0.25, 0.3) is 5.91 Å². The van der Waals surface area contributed by atoms with E-state index in [1.165, 1.54) is 0 Å². The maximum atomic E-state index is 13.0. The lowest BCUT2D eigenvalue weighted by molar-refractivity contribution is 0.0376. The maximum Gasteiger partial charge on any atom is 0.340 e. The van der Waals surface area contributed by atoms with Gasteiger partial charge >= 0.3 is 5.97 Å². The second kappa shape index (κ2) is 10.0. The summed E-state index contributed by atoms with van der Waals surface area (Å²) in [6.45, 7) is 9.67. The second-order valence-electron chi connectivity index (χ2n) is 8.32. The highest BCUT2D eigenvalue weighted by Crippen LogP contribution is 2.27. The maximum absolute atomic E-state index is 13.0. The number of aromatic amines is 1. The van der Waals surface area contributed by atoms with Crippen LogP contribution in [0.15, 0.2) is 24.3 Å². The van der Waals surface area contributed by atoms with E-state index in [4.69, 9.17) is 9.47 Å². The molecule has 7 nitrogen and oxygen atoms in total. The predicted molar refractivity (Wildman–Crippen MR) is 120 cm³/mol. The van der Waals surface area contributed by atoms with Crippen LogP contribution in [-0.2, 0) is 4.74 Å². The molecule has 0 spiro atoms. The molecule has 0 bridgehead atoms. The van der Waals surface area contributed by atoms with Gasteiger partial charge in [-0.2, -0.15) is 0 Å². The smallest absolute Gasteiger partial charge is 0.340 e. The Kier molecular flexibility index (Phi) is 7.38. The number of hydrogen-bond acceptors (Lipinski definition) is 5. The number of rotatable bonds is 8. The van der Waals surface area contributed by atoms with Gasteiger partial charge in [-0.05, 0) is 76.9 Å². The van der Waals surface area contributed by atoms with Gasteiger partial charge in [-0.3, -0.25) is 9.69 Å². The molecule has 1 aliphatic rings. The molecule has 1 saturated heterocycles. The van der Waals surface area contributed by atoms with Gasteiger partial charge in [0.05, 0.1) is 24.8 Å². The Morgan fingerprint density at radius 1 is 1.13 bits per heavy atom. The number of amides is 1. The molecule has 2 heterocycles. The molecule has 1 aromatic heterocycles. The summed E-state index contributed by atoms with van der Waals surface area (Å²) in [7, 11) is 1.65. The standard InChI is InChI=1S/C24H33N3O4/c1-15(2)31-24(29)21-16(3)22(26-17(21)4)23(28)25-14-20(27-12-6-7-13-27)18-8-10-19(30-5)11-9-18/h8-11,15,20,26H,6-7,12-14H2,1-5H3,(H,25,28)/t20-/m1/s1. The molecule has 1 aliphatic heterocycles. The Balaban J connectivity index is 1.75. The van der Waals surface area contributed by atoms with Crippen LogP contribution in [0.3, 0.4) is 0 Å². The first-order chi connectivity index (χ1) is 14.8. The molecule has 0 radical (unpaired) electrons. The molecule has 168 valence electrons. The third-order valence-electron chi connectivity index (χ3n) is 5.75. The number of esters is 1. The topological polar surface area (TPSA) is 83.7 Å². The molecule has 1 fully saturated rings. The average Bonchev–Trinajstić information content (AvgIpc) is 3.36. The average molecular weight is 428 g/mol. The van der Waals surface area contributed by atoms with Crippen molar-refractivity contribution in [2.45, 2.75) is 52.7 Å². The lowest BCUT2D eigenvalue weighted by Crippen LogP contribution is -2.37. The van der Waals surface area contributed by atoms with Gasteiger partial charge in [0.1, 0.15) is 11.4 Å². The van der Waals surface area contributed by atoms with E-state index in [1.54, 1.807) is 34.8 Å². The number of aromatic nitrogens is 1. The first-order valence-corrected chi connectivity index (χ1v) is 10.9. The largest absolute Gasteiger partial charge is 0.497 e. The molecule has 3 rings (SSSR count). The van der Waals surface area contributed by atoms with E-state index in [-0.39, 0.29) is 18.1 Å². The fraction of sp³-hybridized carbons (Fsp3) is 0.500. The van der Waals surface area contributed by atoms with Crippen LogP contribution < -0.4 is 10.1 Å². The van der Waals surface area contributed by atoms with Crippen LogP contribution in [-0.4, -0.2) is 54.6 Å². The van der Waals surface area contributed by atoms with Crippen molar-refractivity contribution >= 4 is 11.9 Å². The summed E-state index contributed by atoms with van der Waals surface area (Å²) in [5, 5.41) is 3.07. The fourth-order valence-electron chi connectivity index (χ4n) is 4.17. The summed E-state index contributed by atoms with van der Waals surface area (Å²) in [5.74, 6) is 0.182. The van der Waals surface area contributed by atoms with Crippen molar-refractivity contribution in [1.82, 2.24) is 15.2 Å². The second-order valence-corrected chi connectivity index (χ2v) is 8.32. The number of nitrogens with zero attached hydrogens (tertiary/aromatic N) is 1. The van der Waals surface area contributed by atoms with Crippen LogP contribution in [0.4, 0.5) is 0 Å². The number of H-pyrrole nitrogens is 1. The fourth-order valence-corrected chi connectivity index (χ4v) is 4.17. The minimum Gasteiger partial charge on any atom is -0.497 e. The van der Waals surface area contributed by atoms with Crippen molar-refractivity contribution in [2.75, 3.05) is 26.7 Å². The van der Waals surface area contributed by atoms with E-state index in [2.05, 4.69) is 27.3 Å². The number of ether oxygens (including phenoxy) is 2. The molecule has 1 amide bonds. The van der Waals surface area contributed by atoms with Crippen molar-refractivity contribution in [3.8, 4) is 5.75 Å². The molecule has 7 heteroatoms. The van der Waals surface area contributed by atoms with Crippen LogP contribution in [0, 0.1) is 13.8 Å². The van der Waals surface area contributed by atoms with Crippen LogP contribution >= 0.6 is 0 Å². The van der Waals surface area contributed by atoms with Gasteiger partial charge in [-0.25, -0.2) is 4.79 Å². The first-order valence-electron chi connectivity index (χ1n) is 10.9. The number of benzene rings is 1. The Morgan fingerprint density at radius 3 is 2.35 bits per heavy atom. The van der Waals surface area contributed by atoms with E-state index >= 15 is 0 Å². The van der Waals surface area contributed by atoms with Gasteiger partial charge < -0.3 is 19.8 Å². The molecule has 0 saturated carbocycles. The third kappa shape index (κ3) is 5.28. The third-order valence-corrected chi connectivity index (χ3v) is 5.75. The summed E-state index contributed by atoms with van der Waals surface area (Å²) < 4.78 is 10.6. The summed E-state index contributed by atoms with van der Waals surface area (Å²) >= 11 is 0. The highest BCUT2D eigenvalue weighted by Gasteiger charge is 2.27. The Morgan fingerprint density at radius 2 is 1.77 bits per heavy atom. The van der Waals surface area contributed by atoms with E-state index in [1.807, 2.05) is 12.1 Å². The van der Waals surface area contributed by atoms with Gasteiger partial charge in [0.2, 0.25) is 0 Å². The minimum atomic E-state index is -0.409. The summed E-state index contributed by atoms with van der Waals surface area (Å²) in [4.78, 5) is 30.9. The molecule has 0 unspecified atom stereocenters. The highest BCUT2D eigenvalue weighted by molar-refractivity contribution is 6.00. The zero-order valence-electron chi connectivity index (χ0n) is 19.1. The first kappa shape index (κ1) is 22.9. The predicted octanol–water partition coefficient (Wildman–Crippen LogP) is 3.77. The summed E-state index contributed by atoms with van der Waals surface area (Å²) in [6.07, 6.45) is 2.11. The van der Waals surface area contributed by atoms with Gasteiger partial charge in [-0.1, -0.05) is 12.1 Å². The molecule has 2 aromatic rings. The zero-order valence-corrected chi connectivity index (χ0v) is 19.1. The summed E-state index contributed by atoms with van der Waals surface area (Å²) in [6, 6.07) is 8.09. The lowest BCUT2D eigenvalue weighted by Gasteiger charge is -2.28. The van der Waals surface area contributed by atoms with E-state index in [0.717, 1.165) is 37.2 Å². The van der Waals surface area contributed by atoms with Crippen molar-refractivity contribution in [1.29, 1.82) is 0 Å². The van der Waals surface area contributed by atoms with E-state index < -0.39 is 5.97 Å². The number of carbonyl (C=O) groups is 2. The molecule has 2 N–H and O–H groups in total. The van der Waals surface area contributed by atoms with Crippen molar-refractivity contribution in [3.63, 3.8) is 0 Å². The highest BCUT2D eigenvalue weighted by atomic mass is 16.5. The molecule has 31 heavy (non-hydrogen) atoms. The van der Waals surface area contributed by atoms with Gasteiger partial charge in [0.15, 0.2) is 0 Å². The van der Waals surface area contributed by atoms with Crippen LogP contribution in [0.2, 0.25) is 0 Å². The SMILES string of the molecule is COc1ccc([C@@H](CNC(=O)c2[nH]c(C)c(C(=O)OC(C)C)c2C)N2CCCC2)cc1. The minimum absolute atomic E-state index is 0.0825. The van der Waals surface area contributed by atoms with Gasteiger partial charge in [-0.15, -0.1) is 0 Å². The number of hydrogen-bond donors (Lipinski definition) is 2. The van der Waals surface area contributed by atoms with E-state index in [0.29, 0.717) is 29.1 Å². The molecule has 1 atom stereocenters. The Hall–Kier alpha value is -2.80. The molecule has 0 aliphatic carbocycles. The Bertz CT molecular complexity index is 912. The molecular formula is C24H33N3O4. The molecule has 1 aromatic carbocycles. The van der Waals surface area contributed by atoms with Crippen LogP contribution in [0.1, 0.15) is 70.4 Å². The summed E-state index contributed by atoms with van der Waals surface area (Å²) in [5.41, 5.74) is 3.24. The van der Waals surface area contributed by atoms with Crippen molar-refractivity contribution < 1.29 is 19.1 Å². The van der Waals surface area contributed by atoms with Gasteiger partial charge in [0, 0.05) is 12.2 Å². The van der Waals surface area contributed by atoms with Crippen LogP contribution in [0.25, 0.3) is 0 Å². The zero-order chi connectivity index (χ0) is 22.5. The Labute approximate surface area is 184 Å². The van der Waals surface area contributed by atoms with Crippen molar-refractivity contribution in [2.24, 2.45) is 0 Å². The molecular weight excluding hydrogens is 394 g/mol. The lowest BCUT2D eigenvalue weighted by atomic mass is 10.0. The normalized spacial score (nSPS) is 15.2. The van der Waals surface area contributed by atoms with Crippen LogP contribution in [0.5, 0.6) is 5.75 Å². The number of methoxy groups -OCH3 is 1. The number of carbonyl (C=O) groups excluding carboxylic acids is 2.